The summed E-state index contributed by atoms with van der Waals surface area (Å²) in [5, 5.41) is 3.45. The van der Waals surface area contributed by atoms with Gasteiger partial charge < -0.3 is 10.1 Å². The molecule has 0 bridgehead atoms. The Morgan fingerprint density at radius 3 is 2.94 bits per heavy atom. The van der Waals surface area contributed by atoms with E-state index < -0.39 is 0 Å². The molecular formula is C14H30N2O. The van der Waals surface area contributed by atoms with Crippen molar-refractivity contribution >= 4 is 0 Å². The maximum atomic E-state index is 5.78. The molecule has 1 aliphatic heterocycles. The molecule has 3 heteroatoms. The maximum absolute atomic E-state index is 5.78. The van der Waals surface area contributed by atoms with Crippen molar-refractivity contribution in [2.24, 2.45) is 5.92 Å². The molecule has 1 atom stereocenters. The van der Waals surface area contributed by atoms with Gasteiger partial charge in [0.15, 0.2) is 0 Å². The first kappa shape index (κ1) is 14.9. The summed E-state index contributed by atoms with van der Waals surface area (Å²) in [6, 6.07) is 0. The highest BCUT2D eigenvalue weighted by Crippen LogP contribution is 2.09. The second-order valence-electron chi connectivity index (χ2n) is 5.53. The third-order valence-corrected chi connectivity index (χ3v) is 3.28. The van der Waals surface area contributed by atoms with Crippen LogP contribution in [0.2, 0.25) is 0 Å². The van der Waals surface area contributed by atoms with Gasteiger partial charge in [-0.2, -0.15) is 0 Å². The number of ether oxygens (including phenoxy) is 1. The Labute approximate surface area is 107 Å². The van der Waals surface area contributed by atoms with Crippen LogP contribution in [-0.2, 0) is 4.74 Å². The summed E-state index contributed by atoms with van der Waals surface area (Å²) in [5.41, 5.74) is 0. The summed E-state index contributed by atoms with van der Waals surface area (Å²) in [6.45, 7) is 13.3. The largest absolute Gasteiger partial charge is 0.374 e. The summed E-state index contributed by atoms with van der Waals surface area (Å²) in [6.07, 6.45) is 4.27. The molecule has 0 amide bonds. The number of rotatable bonds is 8. The third-order valence-electron chi connectivity index (χ3n) is 3.28. The van der Waals surface area contributed by atoms with Crippen LogP contribution < -0.4 is 5.32 Å². The standard InChI is InChI=1S/C14H30N2O/c1-4-7-15-11-14-12-16(9-10-17-14)8-5-6-13(2)3/h13-15H,4-12H2,1-3H3/t14-/m0/s1. The lowest BCUT2D eigenvalue weighted by Gasteiger charge is -2.33. The summed E-state index contributed by atoms with van der Waals surface area (Å²) < 4.78 is 5.78. The fourth-order valence-corrected chi connectivity index (χ4v) is 2.27. The second kappa shape index (κ2) is 8.90. The minimum Gasteiger partial charge on any atom is -0.374 e. The molecule has 1 heterocycles. The zero-order valence-corrected chi connectivity index (χ0v) is 11.9. The normalized spacial score (nSPS) is 22.2. The smallest absolute Gasteiger partial charge is 0.0826 e. The lowest BCUT2D eigenvalue weighted by atomic mass is 10.1. The van der Waals surface area contributed by atoms with Crippen molar-refractivity contribution < 1.29 is 4.74 Å². The number of hydrogen-bond donors (Lipinski definition) is 1. The molecule has 1 rings (SSSR count). The van der Waals surface area contributed by atoms with Gasteiger partial charge in [0.2, 0.25) is 0 Å². The van der Waals surface area contributed by atoms with Gasteiger partial charge in [0.25, 0.3) is 0 Å². The van der Waals surface area contributed by atoms with Gasteiger partial charge in [-0.1, -0.05) is 20.8 Å². The molecular weight excluding hydrogens is 212 g/mol. The molecule has 1 saturated heterocycles. The van der Waals surface area contributed by atoms with E-state index in [0.717, 1.165) is 38.7 Å². The van der Waals surface area contributed by atoms with Crippen molar-refractivity contribution in [1.82, 2.24) is 10.2 Å². The topological polar surface area (TPSA) is 24.5 Å². The molecule has 3 nitrogen and oxygen atoms in total. The van der Waals surface area contributed by atoms with Crippen molar-refractivity contribution in [3.8, 4) is 0 Å². The van der Waals surface area contributed by atoms with E-state index in [1.54, 1.807) is 0 Å². The number of morpholine rings is 1. The van der Waals surface area contributed by atoms with Gasteiger partial charge in [0, 0.05) is 19.6 Å². The first-order valence-electron chi connectivity index (χ1n) is 7.27. The molecule has 17 heavy (non-hydrogen) atoms. The van der Waals surface area contributed by atoms with E-state index in [1.807, 2.05) is 0 Å². The van der Waals surface area contributed by atoms with Crippen LogP contribution in [0.5, 0.6) is 0 Å². The van der Waals surface area contributed by atoms with Crippen molar-refractivity contribution in [2.45, 2.75) is 46.1 Å². The summed E-state index contributed by atoms with van der Waals surface area (Å²) >= 11 is 0. The molecule has 0 spiro atoms. The van der Waals surface area contributed by atoms with Crippen LogP contribution in [0.15, 0.2) is 0 Å². The van der Waals surface area contributed by atoms with Crippen molar-refractivity contribution in [2.75, 3.05) is 39.3 Å². The van der Waals surface area contributed by atoms with Crippen molar-refractivity contribution in [3.63, 3.8) is 0 Å². The maximum Gasteiger partial charge on any atom is 0.0826 e. The molecule has 0 aromatic heterocycles. The zero-order valence-electron chi connectivity index (χ0n) is 11.9. The lowest BCUT2D eigenvalue weighted by molar-refractivity contribution is -0.0274. The van der Waals surface area contributed by atoms with Gasteiger partial charge in [-0.3, -0.25) is 4.90 Å². The van der Waals surface area contributed by atoms with Crippen LogP contribution in [0.25, 0.3) is 0 Å². The van der Waals surface area contributed by atoms with E-state index in [9.17, 15) is 0 Å². The molecule has 102 valence electrons. The first-order valence-corrected chi connectivity index (χ1v) is 7.27. The summed E-state index contributed by atoms with van der Waals surface area (Å²) in [7, 11) is 0. The molecule has 1 N–H and O–H groups in total. The molecule has 1 aliphatic rings. The average molecular weight is 242 g/mol. The van der Waals surface area contributed by atoms with Gasteiger partial charge in [-0.15, -0.1) is 0 Å². The minimum absolute atomic E-state index is 0.398. The Hall–Kier alpha value is -0.120. The van der Waals surface area contributed by atoms with Gasteiger partial charge >= 0.3 is 0 Å². The fourth-order valence-electron chi connectivity index (χ4n) is 2.27. The Morgan fingerprint density at radius 1 is 1.41 bits per heavy atom. The minimum atomic E-state index is 0.398. The van der Waals surface area contributed by atoms with Crippen LogP contribution >= 0.6 is 0 Å². The molecule has 0 aromatic rings. The van der Waals surface area contributed by atoms with Crippen molar-refractivity contribution in [3.05, 3.63) is 0 Å². The number of nitrogens with one attached hydrogen (secondary N) is 1. The van der Waals surface area contributed by atoms with Gasteiger partial charge in [0.1, 0.15) is 0 Å². The van der Waals surface area contributed by atoms with Crippen LogP contribution in [0.3, 0.4) is 0 Å². The van der Waals surface area contributed by atoms with E-state index in [4.69, 9.17) is 4.74 Å². The predicted octanol–water partition coefficient (Wildman–Crippen LogP) is 2.12. The lowest BCUT2D eigenvalue weighted by Crippen LogP contribution is -2.47. The van der Waals surface area contributed by atoms with E-state index in [-0.39, 0.29) is 0 Å². The third kappa shape index (κ3) is 7.02. The highest BCUT2D eigenvalue weighted by atomic mass is 16.5. The van der Waals surface area contributed by atoms with E-state index in [1.165, 1.54) is 25.8 Å². The Balaban J connectivity index is 2.10. The predicted molar refractivity (Wildman–Crippen MR) is 73.4 cm³/mol. The molecule has 0 aliphatic carbocycles. The average Bonchev–Trinajstić information content (AvgIpc) is 2.29. The number of nitrogens with zero attached hydrogens (tertiary/aromatic N) is 1. The van der Waals surface area contributed by atoms with Crippen LogP contribution in [-0.4, -0.2) is 50.3 Å². The van der Waals surface area contributed by atoms with Gasteiger partial charge in [-0.25, -0.2) is 0 Å². The van der Waals surface area contributed by atoms with Crippen molar-refractivity contribution in [1.29, 1.82) is 0 Å². The van der Waals surface area contributed by atoms with Gasteiger partial charge in [0.05, 0.1) is 12.7 Å². The van der Waals surface area contributed by atoms with Crippen LogP contribution in [0, 0.1) is 5.92 Å². The molecule has 0 unspecified atom stereocenters. The molecule has 1 fully saturated rings. The van der Waals surface area contributed by atoms with E-state index in [2.05, 4.69) is 31.0 Å². The van der Waals surface area contributed by atoms with E-state index >= 15 is 0 Å². The monoisotopic (exact) mass is 242 g/mol. The van der Waals surface area contributed by atoms with Gasteiger partial charge in [-0.05, 0) is 38.3 Å². The quantitative estimate of drug-likeness (QED) is 0.660. The highest BCUT2D eigenvalue weighted by Gasteiger charge is 2.19. The fraction of sp³-hybridized carbons (Fsp3) is 1.00. The number of hydrogen-bond acceptors (Lipinski definition) is 3. The Morgan fingerprint density at radius 2 is 2.24 bits per heavy atom. The zero-order chi connectivity index (χ0) is 12.5. The highest BCUT2D eigenvalue weighted by molar-refractivity contribution is 4.73. The Kier molecular flexibility index (Phi) is 7.82. The molecule has 0 aromatic carbocycles. The van der Waals surface area contributed by atoms with E-state index in [0.29, 0.717) is 6.10 Å². The molecule has 0 radical (unpaired) electrons. The summed E-state index contributed by atoms with van der Waals surface area (Å²) in [5.74, 6) is 0.832. The Bertz CT molecular complexity index is 185. The van der Waals surface area contributed by atoms with Crippen LogP contribution in [0.4, 0.5) is 0 Å². The second-order valence-corrected chi connectivity index (χ2v) is 5.53. The first-order chi connectivity index (χ1) is 8.22. The molecule has 0 saturated carbocycles. The summed E-state index contributed by atoms with van der Waals surface area (Å²) in [4.78, 5) is 2.56. The van der Waals surface area contributed by atoms with Crippen LogP contribution in [0.1, 0.15) is 40.0 Å². The SMILES string of the molecule is CCCNC[C@H]1CN(CCCC(C)C)CCO1.